The zero-order valence-corrected chi connectivity index (χ0v) is 11.4. The number of anilines is 1. The van der Waals surface area contributed by atoms with Gasteiger partial charge in [-0.3, -0.25) is 0 Å². The third kappa shape index (κ3) is 3.41. The smallest absolute Gasteiger partial charge is 0.391 e. The highest BCUT2D eigenvalue weighted by Crippen LogP contribution is 2.32. The number of nitrogens with two attached hydrogens (primary N) is 1. The highest BCUT2D eigenvalue weighted by atomic mass is 19.4. The van der Waals surface area contributed by atoms with Crippen molar-refractivity contribution in [3.05, 3.63) is 18.2 Å². The highest BCUT2D eigenvalue weighted by Gasteiger charge is 2.32. The summed E-state index contributed by atoms with van der Waals surface area (Å²) in [7, 11) is 1.48. The van der Waals surface area contributed by atoms with E-state index in [1.807, 2.05) is 0 Å². The van der Waals surface area contributed by atoms with Gasteiger partial charge in [0.25, 0.3) is 0 Å². The number of rotatable bonds is 4. The number of halogens is 3. The summed E-state index contributed by atoms with van der Waals surface area (Å²) in [5.41, 5.74) is 6.62. The molecule has 1 atom stereocenters. The highest BCUT2D eigenvalue weighted by molar-refractivity contribution is 5.73. The largest absolute Gasteiger partial charge is 0.497 e. The van der Waals surface area contributed by atoms with Crippen LogP contribution in [0, 0.1) is 0 Å². The van der Waals surface area contributed by atoms with Crippen LogP contribution in [0.1, 0.15) is 19.4 Å². The molecule has 9 heteroatoms. The van der Waals surface area contributed by atoms with Crippen LogP contribution in [0.4, 0.5) is 18.9 Å². The lowest BCUT2D eigenvalue weighted by molar-refractivity contribution is -0.142. The van der Waals surface area contributed by atoms with Crippen molar-refractivity contribution in [2.75, 3.05) is 12.8 Å². The third-order valence-electron chi connectivity index (χ3n) is 2.94. The van der Waals surface area contributed by atoms with Crippen LogP contribution in [0.2, 0.25) is 0 Å². The van der Waals surface area contributed by atoms with Gasteiger partial charge in [0.05, 0.1) is 19.6 Å². The molecule has 2 N–H and O–H groups in total. The van der Waals surface area contributed by atoms with Crippen molar-refractivity contribution in [2.24, 2.45) is 0 Å². The monoisotopic (exact) mass is 301 g/mol. The first kappa shape index (κ1) is 15.1. The average molecular weight is 301 g/mol. The van der Waals surface area contributed by atoms with Gasteiger partial charge in [0.15, 0.2) is 5.82 Å². The fourth-order valence-corrected chi connectivity index (χ4v) is 1.95. The summed E-state index contributed by atoms with van der Waals surface area (Å²) < 4.78 is 43.7. The first-order chi connectivity index (χ1) is 9.81. The Balaban J connectivity index is 2.41. The van der Waals surface area contributed by atoms with Gasteiger partial charge in [0.2, 0.25) is 0 Å². The number of nitrogens with zero attached hydrogens (tertiary/aromatic N) is 4. The van der Waals surface area contributed by atoms with E-state index in [1.54, 1.807) is 18.2 Å². The van der Waals surface area contributed by atoms with Crippen LogP contribution in [-0.4, -0.2) is 33.5 Å². The number of ether oxygens (including phenoxy) is 1. The minimum absolute atomic E-state index is 0.170. The second-order valence-electron chi connectivity index (χ2n) is 4.57. The molecule has 0 saturated heterocycles. The maximum atomic E-state index is 12.5. The van der Waals surface area contributed by atoms with Gasteiger partial charge in [-0.05, 0) is 35.5 Å². The van der Waals surface area contributed by atoms with Gasteiger partial charge in [-0.1, -0.05) is 0 Å². The molecular formula is C12H14F3N5O. The lowest BCUT2D eigenvalue weighted by atomic mass is 10.1. The summed E-state index contributed by atoms with van der Waals surface area (Å²) >= 11 is 0. The number of nitrogen functional groups attached to an aromatic ring is 1. The number of tetrazole rings is 1. The minimum atomic E-state index is -4.30. The number of aromatic nitrogens is 4. The van der Waals surface area contributed by atoms with Crippen LogP contribution >= 0.6 is 0 Å². The van der Waals surface area contributed by atoms with Gasteiger partial charge in [-0.15, -0.1) is 5.10 Å². The fraction of sp³-hybridized carbons (Fsp3) is 0.417. The second kappa shape index (κ2) is 5.58. The standard InChI is InChI=1S/C12H14F3N5O/c1-7(6-12(13,14)15)20-11(17-18-19-20)9-5-8(21-2)3-4-10(9)16/h3-5,7H,6,16H2,1-2H3. The Morgan fingerprint density at radius 1 is 1.38 bits per heavy atom. The van der Waals surface area contributed by atoms with E-state index in [-0.39, 0.29) is 5.82 Å². The normalized spacial score (nSPS) is 13.2. The van der Waals surface area contributed by atoms with E-state index in [0.717, 1.165) is 4.68 Å². The van der Waals surface area contributed by atoms with E-state index >= 15 is 0 Å². The van der Waals surface area contributed by atoms with E-state index in [9.17, 15) is 13.2 Å². The number of benzene rings is 1. The van der Waals surface area contributed by atoms with Crippen LogP contribution in [0.3, 0.4) is 0 Å². The molecule has 21 heavy (non-hydrogen) atoms. The van der Waals surface area contributed by atoms with Gasteiger partial charge >= 0.3 is 6.18 Å². The molecule has 0 saturated carbocycles. The Morgan fingerprint density at radius 3 is 2.71 bits per heavy atom. The second-order valence-corrected chi connectivity index (χ2v) is 4.57. The summed E-state index contributed by atoms with van der Waals surface area (Å²) in [6.07, 6.45) is -5.34. The summed E-state index contributed by atoms with van der Waals surface area (Å²) in [4.78, 5) is 0. The zero-order chi connectivity index (χ0) is 15.6. The van der Waals surface area contributed by atoms with E-state index in [1.165, 1.54) is 14.0 Å². The lowest BCUT2D eigenvalue weighted by Crippen LogP contribution is -2.18. The Hall–Kier alpha value is -2.32. The summed E-state index contributed by atoms with van der Waals surface area (Å²) in [6.45, 7) is 1.39. The molecular weight excluding hydrogens is 287 g/mol. The quantitative estimate of drug-likeness (QED) is 0.877. The molecule has 1 unspecified atom stereocenters. The Labute approximate surface area is 118 Å². The predicted molar refractivity (Wildman–Crippen MR) is 69.6 cm³/mol. The molecule has 2 rings (SSSR count). The lowest BCUT2D eigenvalue weighted by Gasteiger charge is -2.16. The van der Waals surface area contributed by atoms with Gasteiger partial charge in [-0.25, -0.2) is 4.68 Å². The van der Waals surface area contributed by atoms with E-state index in [4.69, 9.17) is 10.5 Å². The molecule has 0 amide bonds. The summed E-state index contributed by atoms with van der Waals surface area (Å²) in [5.74, 6) is 0.681. The molecule has 1 aromatic carbocycles. The Morgan fingerprint density at radius 2 is 2.10 bits per heavy atom. The van der Waals surface area contributed by atoms with Crippen molar-refractivity contribution < 1.29 is 17.9 Å². The molecule has 6 nitrogen and oxygen atoms in total. The molecule has 1 heterocycles. The topological polar surface area (TPSA) is 78.8 Å². The van der Waals surface area contributed by atoms with E-state index in [0.29, 0.717) is 17.0 Å². The minimum Gasteiger partial charge on any atom is -0.497 e. The molecule has 0 bridgehead atoms. The number of alkyl halides is 3. The van der Waals surface area contributed by atoms with Gasteiger partial charge in [0, 0.05) is 11.3 Å². The maximum Gasteiger partial charge on any atom is 0.391 e. The van der Waals surface area contributed by atoms with Gasteiger partial charge < -0.3 is 10.5 Å². The van der Waals surface area contributed by atoms with Crippen molar-refractivity contribution in [1.29, 1.82) is 0 Å². The van der Waals surface area contributed by atoms with Crippen molar-refractivity contribution >= 4 is 5.69 Å². The van der Waals surface area contributed by atoms with Crippen LogP contribution in [0.15, 0.2) is 18.2 Å². The average Bonchev–Trinajstić information content (AvgIpc) is 2.86. The maximum absolute atomic E-state index is 12.5. The Bertz CT molecular complexity index is 626. The van der Waals surface area contributed by atoms with Gasteiger partial charge in [0.1, 0.15) is 5.75 Å². The number of hydrogen-bond donors (Lipinski definition) is 1. The van der Waals surface area contributed by atoms with Crippen LogP contribution in [-0.2, 0) is 0 Å². The first-order valence-electron chi connectivity index (χ1n) is 6.10. The Kier molecular flexibility index (Phi) is 4.01. The van der Waals surface area contributed by atoms with Crippen LogP contribution < -0.4 is 10.5 Å². The number of hydrogen-bond acceptors (Lipinski definition) is 5. The molecule has 2 aromatic rings. The molecule has 0 aliphatic rings. The molecule has 0 radical (unpaired) electrons. The SMILES string of the molecule is COc1ccc(N)c(-c2nnnn2C(C)CC(F)(F)F)c1. The van der Waals surface area contributed by atoms with Gasteiger partial charge in [-0.2, -0.15) is 13.2 Å². The zero-order valence-electron chi connectivity index (χ0n) is 11.4. The summed E-state index contributed by atoms with van der Waals surface area (Å²) in [6, 6.07) is 3.87. The van der Waals surface area contributed by atoms with Crippen molar-refractivity contribution in [1.82, 2.24) is 20.2 Å². The molecule has 0 spiro atoms. The van der Waals surface area contributed by atoms with Crippen molar-refractivity contribution in [3.8, 4) is 17.1 Å². The fourth-order valence-electron chi connectivity index (χ4n) is 1.95. The molecule has 0 aliphatic carbocycles. The number of methoxy groups -OCH3 is 1. The van der Waals surface area contributed by atoms with Crippen LogP contribution in [0.5, 0.6) is 5.75 Å². The third-order valence-corrected chi connectivity index (χ3v) is 2.94. The molecule has 0 fully saturated rings. The predicted octanol–water partition coefficient (Wildman–Crippen LogP) is 2.44. The van der Waals surface area contributed by atoms with Crippen molar-refractivity contribution in [3.63, 3.8) is 0 Å². The summed E-state index contributed by atoms with van der Waals surface area (Å²) in [5, 5.41) is 10.9. The molecule has 1 aromatic heterocycles. The van der Waals surface area contributed by atoms with Crippen LogP contribution in [0.25, 0.3) is 11.4 Å². The van der Waals surface area contributed by atoms with Crippen molar-refractivity contribution in [2.45, 2.75) is 25.6 Å². The molecule has 114 valence electrons. The molecule has 0 aliphatic heterocycles. The van der Waals surface area contributed by atoms with E-state index < -0.39 is 18.6 Å². The van der Waals surface area contributed by atoms with E-state index in [2.05, 4.69) is 15.5 Å². The first-order valence-corrected chi connectivity index (χ1v) is 6.10.